The van der Waals surface area contributed by atoms with E-state index in [1.165, 1.54) is 0 Å². The van der Waals surface area contributed by atoms with Crippen LogP contribution in [0.25, 0.3) is 0 Å². The summed E-state index contributed by atoms with van der Waals surface area (Å²) in [5, 5.41) is 4.62. The minimum atomic E-state index is -0.163. The first-order valence-corrected chi connectivity index (χ1v) is 8.07. The summed E-state index contributed by atoms with van der Waals surface area (Å²) in [7, 11) is 0. The zero-order valence-electron chi connectivity index (χ0n) is 10.8. The zero-order valence-corrected chi connectivity index (χ0v) is 14.7. The van der Waals surface area contributed by atoms with Crippen molar-refractivity contribution in [3.05, 3.63) is 67.1 Å². The van der Waals surface area contributed by atoms with Crippen LogP contribution in [0, 0.1) is 0 Å². The van der Waals surface area contributed by atoms with Crippen LogP contribution in [0.15, 0.2) is 40.9 Å². The molecule has 0 bridgehead atoms. The van der Waals surface area contributed by atoms with Gasteiger partial charge in [0.15, 0.2) is 0 Å². The number of carbonyl (C=O) groups excluding carboxylic acids is 1. The Balaban J connectivity index is 1.95. The van der Waals surface area contributed by atoms with Gasteiger partial charge in [0.2, 0.25) is 0 Å². The second-order valence-corrected chi connectivity index (χ2v) is 6.50. The molecule has 21 heavy (non-hydrogen) atoms. The van der Waals surface area contributed by atoms with Gasteiger partial charge in [0, 0.05) is 26.1 Å². The van der Waals surface area contributed by atoms with Crippen LogP contribution >= 0.6 is 50.7 Å². The van der Waals surface area contributed by atoms with Gasteiger partial charge in [0.25, 0.3) is 5.91 Å². The third-order valence-corrected chi connectivity index (χ3v) is 4.35. The molecule has 0 saturated carbocycles. The van der Waals surface area contributed by atoms with Crippen LogP contribution in [0.2, 0.25) is 15.1 Å². The third-order valence-electron chi connectivity index (χ3n) is 2.87. The summed E-state index contributed by atoms with van der Waals surface area (Å²) in [6.45, 7) is 0.481. The number of rotatable bonds is 4. The molecule has 2 aromatic rings. The molecular weight excluding hydrogens is 396 g/mol. The van der Waals surface area contributed by atoms with Crippen molar-refractivity contribution in [3.63, 3.8) is 0 Å². The van der Waals surface area contributed by atoms with Crippen LogP contribution < -0.4 is 5.32 Å². The summed E-state index contributed by atoms with van der Waals surface area (Å²) in [5.41, 5.74) is 1.48. The van der Waals surface area contributed by atoms with Gasteiger partial charge >= 0.3 is 0 Å². The molecule has 0 saturated heterocycles. The van der Waals surface area contributed by atoms with Crippen LogP contribution in [-0.4, -0.2) is 12.5 Å². The smallest absolute Gasteiger partial charge is 0.252 e. The second-order valence-electron chi connectivity index (χ2n) is 4.37. The number of carbonyl (C=O) groups is 1. The summed E-state index contributed by atoms with van der Waals surface area (Å²) in [4.78, 5) is 12.1. The standard InChI is InChI=1S/C15H11BrCl3NO/c16-13-7-10(17)3-4-12(13)15(21)20-6-5-9-1-2-11(18)8-14(9)19/h1-4,7-8H,5-6H2,(H,20,21). The molecule has 6 heteroatoms. The van der Waals surface area contributed by atoms with E-state index in [2.05, 4.69) is 21.2 Å². The fraction of sp³-hybridized carbons (Fsp3) is 0.133. The average molecular weight is 408 g/mol. The largest absolute Gasteiger partial charge is 0.352 e. The van der Waals surface area contributed by atoms with Gasteiger partial charge in [-0.25, -0.2) is 0 Å². The van der Waals surface area contributed by atoms with Crippen molar-refractivity contribution in [2.24, 2.45) is 0 Å². The molecular formula is C15H11BrCl3NO. The zero-order chi connectivity index (χ0) is 15.4. The average Bonchev–Trinajstić information content (AvgIpc) is 2.41. The number of benzene rings is 2. The Kier molecular flexibility index (Phi) is 5.94. The molecule has 0 heterocycles. The van der Waals surface area contributed by atoms with Gasteiger partial charge in [-0.1, -0.05) is 40.9 Å². The maximum Gasteiger partial charge on any atom is 0.252 e. The normalized spacial score (nSPS) is 10.5. The van der Waals surface area contributed by atoms with Crippen LogP contribution in [0.1, 0.15) is 15.9 Å². The lowest BCUT2D eigenvalue weighted by atomic mass is 10.1. The SMILES string of the molecule is O=C(NCCc1ccc(Cl)cc1Cl)c1ccc(Cl)cc1Br. The first-order valence-electron chi connectivity index (χ1n) is 6.14. The molecule has 2 rings (SSSR count). The Morgan fingerprint density at radius 2 is 1.71 bits per heavy atom. The van der Waals surface area contributed by atoms with Crippen LogP contribution in [0.3, 0.4) is 0 Å². The van der Waals surface area contributed by atoms with Gasteiger partial charge < -0.3 is 5.32 Å². The molecule has 0 atom stereocenters. The lowest BCUT2D eigenvalue weighted by molar-refractivity contribution is 0.0953. The Morgan fingerprint density at radius 1 is 1.05 bits per heavy atom. The molecule has 0 unspecified atom stereocenters. The van der Waals surface area contributed by atoms with Crippen molar-refractivity contribution in [1.29, 1.82) is 0 Å². The molecule has 0 aliphatic rings. The van der Waals surface area contributed by atoms with Crippen molar-refractivity contribution in [2.75, 3.05) is 6.54 Å². The summed E-state index contributed by atoms with van der Waals surface area (Å²) in [6.07, 6.45) is 0.632. The number of hydrogen-bond acceptors (Lipinski definition) is 1. The minimum Gasteiger partial charge on any atom is -0.352 e. The predicted octanol–water partition coefficient (Wildman–Crippen LogP) is 5.38. The van der Waals surface area contributed by atoms with E-state index in [1.54, 1.807) is 30.3 Å². The Labute approximate surface area is 146 Å². The van der Waals surface area contributed by atoms with Crippen LogP contribution in [0.4, 0.5) is 0 Å². The fourth-order valence-electron chi connectivity index (χ4n) is 1.80. The second kappa shape index (κ2) is 7.50. The quantitative estimate of drug-likeness (QED) is 0.724. The van der Waals surface area contributed by atoms with Crippen LogP contribution in [0.5, 0.6) is 0 Å². The highest BCUT2D eigenvalue weighted by atomic mass is 79.9. The summed E-state index contributed by atoms with van der Waals surface area (Å²) >= 11 is 21.1. The van der Waals surface area contributed by atoms with E-state index in [0.717, 1.165) is 5.56 Å². The maximum absolute atomic E-state index is 12.1. The maximum atomic E-state index is 12.1. The van der Waals surface area contributed by atoms with Gasteiger partial charge in [-0.2, -0.15) is 0 Å². The van der Waals surface area contributed by atoms with Crippen LogP contribution in [-0.2, 0) is 6.42 Å². The first-order chi connectivity index (χ1) is 9.97. The van der Waals surface area contributed by atoms with Gasteiger partial charge in [0.05, 0.1) is 5.56 Å². The molecule has 0 radical (unpaired) electrons. The van der Waals surface area contributed by atoms with Gasteiger partial charge in [-0.05, 0) is 58.2 Å². The van der Waals surface area contributed by atoms with Crippen molar-refractivity contribution in [3.8, 4) is 0 Å². The highest BCUT2D eigenvalue weighted by Gasteiger charge is 2.10. The Morgan fingerprint density at radius 3 is 2.38 bits per heavy atom. The Bertz CT molecular complexity index is 676. The molecule has 2 aromatic carbocycles. The molecule has 0 spiro atoms. The lowest BCUT2D eigenvalue weighted by Crippen LogP contribution is -2.26. The number of nitrogens with one attached hydrogen (secondary N) is 1. The topological polar surface area (TPSA) is 29.1 Å². The molecule has 0 aliphatic heterocycles. The molecule has 1 amide bonds. The molecule has 0 aliphatic carbocycles. The van der Waals surface area contributed by atoms with Crippen molar-refractivity contribution < 1.29 is 4.79 Å². The minimum absolute atomic E-state index is 0.163. The number of hydrogen-bond donors (Lipinski definition) is 1. The highest BCUT2D eigenvalue weighted by Crippen LogP contribution is 2.22. The van der Waals surface area contributed by atoms with Crippen molar-refractivity contribution in [2.45, 2.75) is 6.42 Å². The molecule has 2 nitrogen and oxygen atoms in total. The first kappa shape index (κ1) is 16.6. The summed E-state index contributed by atoms with van der Waals surface area (Å²) < 4.78 is 0.664. The fourth-order valence-corrected chi connectivity index (χ4v) is 3.17. The Hall–Kier alpha value is -0.740. The van der Waals surface area contributed by atoms with E-state index in [-0.39, 0.29) is 5.91 Å². The van der Waals surface area contributed by atoms with E-state index in [0.29, 0.717) is 38.1 Å². The van der Waals surface area contributed by atoms with Gasteiger partial charge in [-0.3, -0.25) is 4.79 Å². The number of amides is 1. The van der Waals surface area contributed by atoms with Gasteiger partial charge in [-0.15, -0.1) is 0 Å². The molecule has 0 fully saturated rings. The summed E-state index contributed by atoms with van der Waals surface area (Å²) in [6, 6.07) is 10.4. The number of halogens is 4. The molecule has 0 aromatic heterocycles. The van der Waals surface area contributed by atoms with E-state index < -0.39 is 0 Å². The highest BCUT2D eigenvalue weighted by molar-refractivity contribution is 9.10. The van der Waals surface area contributed by atoms with Crippen molar-refractivity contribution >= 4 is 56.6 Å². The van der Waals surface area contributed by atoms with E-state index >= 15 is 0 Å². The van der Waals surface area contributed by atoms with Crippen molar-refractivity contribution in [1.82, 2.24) is 5.32 Å². The van der Waals surface area contributed by atoms with E-state index in [9.17, 15) is 4.79 Å². The summed E-state index contributed by atoms with van der Waals surface area (Å²) in [5.74, 6) is -0.163. The monoisotopic (exact) mass is 405 g/mol. The third kappa shape index (κ3) is 4.62. The van der Waals surface area contributed by atoms with Gasteiger partial charge in [0.1, 0.15) is 0 Å². The van der Waals surface area contributed by atoms with E-state index in [4.69, 9.17) is 34.8 Å². The lowest BCUT2D eigenvalue weighted by Gasteiger charge is -2.08. The predicted molar refractivity (Wildman–Crippen MR) is 91.7 cm³/mol. The molecule has 110 valence electrons. The molecule has 1 N–H and O–H groups in total. The van der Waals surface area contributed by atoms with E-state index in [1.807, 2.05) is 6.07 Å².